The number of rotatable bonds is 5. The van der Waals surface area contributed by atoms with Gasteiger partial charge in [-0.2, -0.15) is 0 Å². The van der Waals surface area contributed by atoms with Crippen LogP contribution in [-0.4, -0.2) is 29.4 Å². The molecule has 6 nitrogen and oxygen atoms in total. The maximum atomic E-state index is 11.5. The zero-order valence-corrected chi connectivity index (χ0v) is 19.4. The van der Waals surface area contributed by atoms with Crippen LogP contribution in [-0.2, 0) is 28.0 Å². The molecule has 0 radical (unpaired) electrons. The zero-order chi connectivity index (χ0) is 22.6. The molecule has 0 saturated carbocycles. The van der Waals surface area contributed by atoms with Gasteiger partial charge in [0.2, 0.25) is 5.91 Å². The van der Waals surface area contributed by atoms with Crippen LogP contribution < -0.4 is 10.5 Å². The van der Waals surface area contributed by atoms with E-state index in [1.54, 1.807) is 6.26 Å². The van der Waals surface area contributed by atoms with Crippen molar-refractivity contribution in [2.75, 3.05) is 6.54 Å². The maximum absolute atomic E-state index is 11.5. The van der Waals surface area contributed by atoms with Gasteiger partial charge in [-0.05, 0) is 66.1 Å². The Morgan fingerprint density at radius 2 is 2.03 bits per heavy atom. The third kappa shape index (κ3) is 5.31. The Labute approximate surface area is 195 Å². The monoisotopic (exact) mass is 458 g/mol. The molecule has 1 saturated heterocycles. The topological polar surface area (TPSA) is 85.8 Å². The van der Waals surface area contributed by atoms with E-state index in [1.807, 2.05) is 12.3 Å². The van der Waals surface area contributed by atoms with Crippen molar-refractivity contribution in [2.24, 2.45) is 11.7 Å². The quantitative estimate of drug-likeness (QED) is 0.412. The van der Waals surface area contributed by atoms with Crippen LogP contribution in [0.5, 0.6) is 5.75 Å². The summed E-state index contributed by atoms with van der Waals surface area (Å²) in [5.41, 5.74) is 8.57. The van der Waals surface area contributed by atoms with E-state index in [4.69, 9.17) is 9.15 Å². The molecule has 7 heteroatoms. The van der Waals surface area contributed by atoms with Gasteiger partial charge < -0.3 is 14.9 Å². The third-order valence-corrected chi connectivity index (χ3v) is 6.65. The van der Waals surface area contributed by atoms with Crippen molar-refractivity contribution in [2.45, 2.75) is 44.7 Å². The molecule has 2 heterocycles. The molecule has 1 amide bonds. The van der Waals surface area contributed by atoms with E-state index in [2.05, 4.69) is 55.8 Å². The average Bonchev–Trinajstić information content (AvgIpc) is 3.26. The van der Waals surface area contributed by atoms with E-state index in [-0.39, 0.29) is 17.8 Å². The van der Waals surface area contributed by atoms with E-state index < -0.39 is 11.9 Å². The molecule has 3 atom stereocenters. The summed E-state index contributed by atoms with van der Waals surface area (Å²) in [4.78, 5) is 23.6. The van der Waals surface area contributed by atoms with Crippen LogP contribution in [0.3, 0.4) is 0 Å². The van der Waals surface area contributed by atoms with Crippen LogP contribution in [0.4, 0.5) is 0 Å². The van der Waals surface area contributed by atoms with E-state index in [1.165, 1.54) is 22.8 Å². The van der Waals surface area contributed by atoms with E-state index in [9.17, 15) is 9.59 Å². The normalized spacial score (nSPS) is 23.4. The summed E-state index contributed by atoms with van der Waals surface area (Å²) >= 11 is 0. The summed E-state index contributed by atoms with van der Waals surface area (Å²) in [5, 5.41) is 0. The minimum atomic E-state index is -0.481. The number of hydrogen-bond acceptors (Lipinski definition) is 5. The highest BCUT2D eigenvalue weighted by atomic mass is 35.5. The van der Waals surface area contributed by atoms with Gasteiger partial charge >= 0.3 is 5.97 Å². The van der Waals surface area contributed by atoms with Crippen molar-refractivity contribution in [1.82, 2.24) is 4.90 Å². The lowest BCUT2D eigenvalue weighted by Gasteiger charge is -2.54. The first-order valence-electron chi connectivity index (χ1n) is 10.4. The molecule has 1 fully saturated rings. The number of halogens is 1. The molecule has 0 unspecified atom stereocenters. The first-order chi connectivity index (χ1) is 14.8. The highest BCUT2D eigenvalue weighted by Gasteiger charge is 2.48. The number of esters is 1. The molecule has 4 rings (SSSR count). The minimum Gasteiger partial charge on any atom is -0.472 e. The van der Waals surface area contributed by atoms with Crippen LogP contribution in [0.15, 0.2) is 66.5 Å². The molecular formula is C25H31ClN2O4. The summed E-state index contributed by atoms with van der Waals surface area (Å²) in [6.07, 6.45) is 7.96. The number of carbonyl (C=O) groups excluding carboxylic acids is 2. The van der Waals surface area contributed by atoms with Gasteiger partial charge in [-0.3, -0.25) is 9.69 Å². The van der Waals surface area contributed by atoms with Crippen molar-refractivity contribution in [3.63, 3.8) is 0 Å². The molecule has 1 aliphatic heterocycles. The Morgan fingerprint density at radius 1 is 1.31 bits per heavy atom. The molecule has 1 aliphatic carbocycles. The fourth-order valence-electron chi connectivity index (χ4n) is 4.72. The number of piperidine rings is 1. The lowest BCUT2D eigenvalue weighted by molar-refractivity contribution is -0.129. The number of amides is 1. The van der Waals surface area contributed by atoms with Gasteiger partial charge in [0, 0.05) is 24.2 Å². The van der Waals surface area contributed by atoms with E-state index in [0.29, 0.717) is 17.7 Å². The molecule has 0 spiro atoms. The van der Waals surface area contributed by atoms with Crippen molar-refractivity contribution < 1.29 is 18.7 Å². The third-order valence-electron chi connectivity index (χ3n) is 6.65. The number of likely N-dealkylation sites (tertiary alicyclic amines) is 1. The summed E-state index contributed by atoms with van der Waals surface area (Å²) in [5.74, 6) is 0.249. The minimum absolute atomic E-state index is 0. The molecule has 2 bridgehead atoms. The Hall–Kier alpha value is -2.83. The maximum Gasteiger partial charge on any atom is 0.335 e. The zero-order valence-electron chi connectivity index (χ0n) is 18.6. The van der Waals surface area contributed by atoms with E-state index in [0.717, 1.165) is 32.0 Å². The number of carbonyl (C=O) groups is 2. The molecule has 172 valence electrons. The first kappa shape index (κ1) is 25.4. The van der Waals surface area contributed by atoms with Crippen molar-refractivity contribution >= 4 is 24.3 Å². The van der Waals surface area contributed by atoms with E-state index >= 15 is 0 Å². The molecule has 2 aromatic rings. The summed E-state index contributed by atoms with van der Waals surface area (Å²) < 4.78 is 10.6. The molecule has 2 aliphatic rings. The van der Waals surface area contributed by atoms with Crippen molar-refractivity contribution in [3.8, 4) is 5.75 Å². The number of nitrogens with two attached hydrogens (primary N) is 1. The fourth-order valence-corrected chi connectivity index (χ4v) is 4.72. The SMILES string of the molecule is C=CC(=O)Oc1ccc2c(c1)[C@]1(C)CCN(Cc3ccoc3)[C@@H](C2)[C@H]1C.C=CC(N)=O.Cl. The van der Waals surface area contributed by atoms with Crippen LogP contribution in [0.25, 0.3) is 0 Å². The number of nitrogens with zero attached hydrogens (tertiary/aromatic N) is 1. The molecule has 1 aromatic carbocycles. The predicted molar refractivity (Wildman–Crippen MR) is 127 cm³/mol. The number of primary amides is 1. The highest BCUT2D eigenvalue weighted by molar-refractivity contribution is 5.85. The molecule has 2 N–H and O–H groups in total. The Bertz CT molecular complexity index is 972. The largest absolute Gasteiger partial charge is 0.472 e. The molecular weight excluding hydrogens is 428 g/mol. The van der Waals surface area contributed by atoms with Gasteiger partial charge in [0.25, 0.3) is 0 Å². The molecule has 1 aromatic heterocycles. The van der Waals surface area contributed by atoms with Crippen molar-refractivity contribution in [3.05, 3.63) is 78.8 Å². The van der Waals surface area contributed by atoms with Crippen LogP contribution >= 0.6 is 12.4 Å². The van der Waals surface area contributed by atoms with Gasteiger partial charge in [0.1, 0.15) is 5.75 Å². The second-order valence-electron chi connectivity index (χ2n) is 8.38. The number of ether oxygens (including phenoxy) is 1. The number of fused-ring (bicyclic) bond motifs is 4. The Morgan fingerprint density at radius 3 is 2.62 bits per heavy atom. The predicted octanol–water partition coefficient (Wildman–Crippen LogP) is 4.17. The van der Waals surface area contributed by atoms with Crippen LogP contribution in [0.1, 0.15) is 37.0 Å². The second kappa shape index (κ2) is 10.7. The summed E-state index contributed by atoms with van der Waals surface area (Å²) in [6.45, 7) is 13.3. The highest BCUT2D eigenvalue weighted by Crippen LogP contribution is 2.49. The molecule has 32 heavy (non-hydrogen) atoms. The number of benzene rings is 1. The van der Waals surface area contributed by atoms with Gasteiger partial charge in [0.05, 0.1) is 12.5 Å². The fraction of sp³-hybridized carbons (Fsp3) is 0.360. The van der Waals surface area contributed by atoms with Gasteiger partial charge in [-0.1, -0.05) is 33.1 Å². The summed E-state index contributed by atoms with van der Waals surface area (Å²) in [6, 6.07) is 8.65. The number of furan rings is 1. The van der Waals surface area contributed by atoms with Crippen LogP contribution in [0, 0.1) is 5.92 Å². The van der Waals surface area contributed by atoms with Crippen LogP contribution in [0.2, 0.25) is 0 Å². The van der Waals surface area contributed by atoms with Gasteiger partial charge in [0.15, 0.2) is 0 Å². The standard InChI is InChI=1S/C22H25NO3.C3H5NO.ClH/c1-4-21(24)26-18-6-5-17-11-20-15(2)22(3,19(17)12-18)8-9-23(20)13-16-7-10-25-14-16;1-2-3(4)5;/h4-7,10,12,14-15,20H,1,8-9,11,13H2,2-3H3;2H,1H2,(H2,4,5);1H/t15-,20+,22-;;/m1../s1. The lowest BCUT2D eigenvalue weighted by Crippen LogP contribution is -2.57. The Balaban J connectivity index is 0.000000548. The lowest BCUT2D eigenvalue weighted by atomic mass is 9.59. The van der Waals surface area contributed by atoms with Gasteiger partial charge in [-0.25, -0.2) is 4.79 Å². The number of hydrogen-bond donors (Lipinski definition) is 1. The average molecular weight is 459 g/mol. The van der Waals surface area contributed by atoms with Crippen molar-refractivity contribution in [1.29, 1.82) is 0 Å². The summed E-state index contributed by atoms with van der Waals surface area (Å²) in [7, 11) is 0. The van der Waals surface area contributed by atoms with Gasteiger partial charge in [-0.15, -0.1) is 12.4 Å². The first-order valence-corrected chi connectivity index (χ1v) is 10.4. The Kier molecular flexibility index (Phi) is 8.47. The smallest absolute Gasteiger partial charge is 0.335 e. The second-order valence-corrected chi connectivity index (χ2v) is 8.38.